The van der Waals surface area contributed by atoms with E-state index in [2.05, 4.69) is 36.1 Å². The second kappa shape index (κ2) is 6.01. The Hall–Kier alpha value is -1.35. The minimum absolute atomic E-state index is 0.151. The van der Waals surface area contributed by atoms with Crippen molar-refractivity contribution in [3.05, 3.63) is 35.9 Å². The SMILES string of the molecule is CCC1CN(Cc2ccccc2)CCC1C(=O)O. The van der Waals surface area contributed by atoms with E-state index in [-0.39, 0.29) is 5.92 Å². The molecule has 0 aliphatic carbocycles. The van der Waals surface area contributed by atoms with E-state index in [1.165, 1.54) is 5.56 Å². The lowest BCUT2D eigenvalue weighted by atomic mass is 9.83. The van der Waals surface area contributed by atoms with Crippen molar-refractivity contribution in [2.45, 2.75) is 26.3 Å². The maximum Gasteiger partial charge on any atom is 0.306 e. The molecule has 2 unspecified atom stereocenters. The summed E-state index contributed by atoms with van der Waals surface area (Å²) in [6, 6.07) is 10.4. The Morgan fingerprint density at radius 3 is 2.72 bits per heavy atom. The molecule has 2 rings (SSSR count). The van der Waals surface area contributed by atoms with Crippen LogP contribution in [0.25, 0.3) is 0 Å². The van der Waals surface area contributed by atoms with E-state index >= 15 is 0 Å². The average molecular weight is 247 g/mol. The zero-order valence-corrected chi connectivity index (χ0v) is 10.9. The molecule has 18 heavy (non-hydrogen) atoms. The molecule has 0 bridgehead atoms. The zero-order valence-electron chi connectivity index (χ0n) is 10.9. The van der Waals surface area contributed by atoms with Crippen LogP contribution in [-0.4, -0.2) is 29.1 Å². The molecular formula is C15H21NO2. The number of rotatable bonds is 4. The number of carbonyl (C=O) groups is 1. The van der Waals surface area contributed by atoms with Gasteiger partial charge in [-0.15, -0.1) is 0 Å². The molecule has 0 aromatic heterocycles. The fourth-order valence-corrected chi connectivity index (χ4v) is 2.83. The minimum Gasteiger partial charge on any atom is -0.481 e. The second-order valence-electron chi connectivity index (χ2n) is 5.12. The zero-order chi connectivity index (χ0) is 13.0. The first-order chi connectivity index (χ1) is 8.70. The van der Waals surface area contributed by atoms with Crippen LogP contribution in [0.1, 0.15) is 25.3 Å². The van der Waals surface area contributed by atoms with Gasteiger partial charge in [-0.2, -0.15) is 0 Å². The molecule has 98 valence electrons. The molecule has 3 nitrogen and oxygen atoms in total. The molecule has 1 aromatic rings. The maximum atomic E-state index is 11.2. The molecule has 0 radical (unpaired) electrons. The van der Waals surface area contributed by atoms with E-state index in [0.717, 1.165) is 32.5 Å². The average Bonchev–Trinajstić information content (AvgIpc) is 2.39. The van der Waals surface area contributed by atoms with E-state index in [4.69, 9.17) is 0 Å². The van der Waals surface area contributed by atoms with Gasteiger partial charge in [0.2, 0.25) is 0 Å². The Morgan fingerprint density at radius 1 is 1.39 bits per heavy atom. The highest BCUT2D eigenvalue weighted by atomic mass is 16.4. The van der Waals surface area contributed by atoms with Gasteiger partial charge >= 0.3 is 5.97 Å². The Balaban J connectivity index is 1.95. The van der Waals surface area contributed by atoms with Crippen LogP contribution in [0, 0.1) is 11.8 Å². The molecule has 0 spiro atoms. The lowest BCUT2D eigenvalue weighted by molar-refractivity contribution is -0.145. The Morgan fingerprint density at radius 2 is 2.11 bits per heavy atom. The third-order valence-corrected chi connectivity index (χ3v) is 3.91. The lowest BCUT2D eigenvalue weighted by Gasteiger charge is -2.36. The Kier molecular flexibility index (Phi) is 4.37. The normalized spacial score (nSPS) is 24.9. The topological polar surface area (TPSA) is 40.5 Å². The van der Waals surface area contributed by atoms with Gasteiger partial charge in [-0.1, -0.05) is 43.7 Å². The third kappa shape index (κ3) is 3.10. The van der Waals surface area contributed by atoms with E-state index in [1.807, 2.05) is 6.07 Å². The van der Waals surface area contributed by atoms with E-state index < -0.39 is 5.97 Å². The van der Waals surface area contributed by atoms with Gasteiger partial charge in [0.25, 0.3) is 0 Å². The van der Waals surface area contributed by atoms with Crippen molar-refractivity contribution in [1.82, 2.24) is 4.90 Å². The standard InChI is InChI=1S/C15H21NO2/c1-2-13-11-16(9-8-14(13)15(17)18)10-12-6-4-3-5-7-12/h3-7,13-14H,2,8-11H2,1H3,(H,17,18). The van der Waals surface area contributed by atoms with Gasteiger partial charge in [-0.3, -0.25) is 9.69 Å². The van der Waals surface area contributed by atoms with Gasteiger partial charge in [-0.25, -0.2) is 0 Å². The number of carboxylic acid groups (broad SMARTS) is 1. The van der Waals surface area contributed by atoms with Gasteiger partial charge in [0.15, 0.2) is 0 Å². The van der Waals surface area contributed by atoms with Crippen LogP contribution < -0.4 is 0 Å². The molecule has 0 amide bonds. The monoisotopic (exact) mass is 247 g/mol. The van der Waals surface area contributed by atoms with Crippen LogP contribution in [0.3, 0.4) is 0 Å². The largest absolute Gasteiger partial charge is 0.481 e. The predicted molar refractivity (Wildman–Crippen MR) is 71.2 cm³/mol. The molecule has 3 heteroatoms. The van der Waals surface area contributed by atoms with Gasteiger partial charge < -0.3 is 5.11 Å². The summed E-state index contributed by atoms with van der Waals surface area (Å²) in [5, 5.41) is 9.20. The molecule has 1 N–H and O–H groups in total. The fraction of sp³-hybridized carbons (Fsp3) is 0.533. The van der Waals surface area contributed by atoms with Crippen LogP contribution in [0.5, 0.6) is 0 Å². The van der Waals surface area contributed by atoms with Gasteiger partial charge in [0.1, 0.15) is 0 Å². The van der Waals surface area contributed by atoms with E-state index in [9.17, 15) is 9.90 Å². The maximum absolute atomic E-state index is 11.2. The van der Waals surface area contributed by atoms with Gasteiger partial charge in [0.05, 0.1) is 5.92 Å². The summed E-state index contributed by atoms with van der Waals surface area (Å²) >= 11 is 0. The predicted octanol–water partition coefficient (Wildman–Crippen LogP) is 2.62. The number of piperidine rings is 1. The van der Waals surface area contributed by atoms with Gasteiger partial charge in [-0.05, 0) is 24.4 Å². The van der Waals surface area contributed by atoms with E-state index in [0.29, 0.717) is 5.92 Å². The summed E-state index contributed by atoms with van der Waals surface area (Å²) < 4.78 is 0. The summed E-state index contributed by atoms with van der Waals surface area (Å²) in [6.45, 7) is 4.82. The fourth-order valence-electron chi connectivity index (χ4n) is 2.83. The molecule has 1 heterocycles. The van der Waals surface area contributed by atoms with Crippen molar-refractivity contribution in [3.63, 3.8) is 0 Å². The van der Waals surface area contributed by atoms with Gasteiger partial charge in [0, 0.05) is 13.1 Å². The van der Waals surface area contributed by atoms with Crippen LogP contribution in [0.2, 0.25) is 0 Å². The van der Waals surface area contributed by atoms with E-state index in [1.54, 1.807) is 0 Å². The van der Waals surface area contributed by atoms with Crippen LogP contribution in [0.15, 0.2) is 30.3 Å². The first kappa shape index (κ1) is 13.1. The highest BCUT2D eigenvalue weighted by molar-refractivity contribution is 5.70. The number of hydrogen-bond donors (Lipinski definition) is 1. The van der Waals surface area contributed by atoms with Crippen LogP contribution in [-0.2, 0) is 11.3 Å². The number of nitrogens with zero attached hydrogens (tertiary/aromatic N) is 1. The Bertz CT molecular complexity index is 391. The smallest absolute Gasteiger partial charge is 0.306 e. The Labute approximate surface area is 108 Å². The number of hydrogen-bond acceptors (Lipinski definition) is 2. The van der Waals surface area contributed by atoms with Crippen molar-refractivity contribution in [2.24, 2.45) is 11.8 Å². The highest BCUT2D eigenvalue weighted by Crippen LogP contribution is 2.27. The molecule has 1 aliphatic heterocycles. The van der Waals surface area contributed by atoms with Crippen molar-refractivity contribution < 1.29 is 9.90 Å². The minimum atomic E-state index is -0.624. The van der Waals surface area contributed by atoms with Crippen LogP contribution in [0.4, 0.5) is 0 Å². The van der Waals surface area contributed by atoms with Crippen molar-refractivity contribution in [1.29, 1.82) is 0 Å². The molecule has 0 saturated carbocycles. The summed E-state index contributed by atoms with van der Waals surface area (Å²) in [6.07, 6.45) is 1.73. The molecule has 1 saturated heterocycles. The molecule has 1 aromatic carbocycles. The summed E-state index contributed by atoms with van der Waals surface area (Å²) in [4.78, 5) is 13.5. The lowest BCUT2D eigenvalue weighted by Crippen LogP contribution is -2.42. The number of carboxylic acids is 1. The molecule has 1 aliphatic rings. The molecule has 1 fully saturated rings. The summed E-state index contributed by atoms with van der Waals surface area (Å²) in [5.41, 5.74) is 1.31. The second-order valence-corrected chi connectivity index (χ2v) is 5.12. The first-order valence-corrected chi connectivity index (χ1v) is 6.69. The number of benzene rings is 1. The van der Waals surface area contributed by atoms with Crippen molar-refractivity contribution >= 4 is 5.97 Å². The summed E-state index contributed by atoms with van der Waals surface area (Å²) in [7, 11) is 0. The number of likely N-dealkylation sites (tertiary alicyclic amines) is 1. The van der Waals surface area contributed by atoms with Crippen LogP contribution >= 0.6 is 0 Å². The molecular weight excluding hydrogens is 226 g/mol. The van der Waals surface area contributed by atoms with Crippen molar-refractivity contribution in [3.8, 4) is 0 Å². The summed E-state index contributed by atoms with van der Waals surface area (Å²) in [5.74, 6) is -0.483. The quantitative estimate of drug-likeness (QED) is 0.889. The third-order valence-electron chi connectivity index (χ3n) is 3.91. The number of aliphatic carboxylic acids is 1. The van der Waals surface area contributed by atoms with Crippen molar-refractivity contribution in [2.75, 3.05) is 13.1 Å². The highest BCUT2D eigenvalue weighted by Gasteiger charge is 2.32. The first-order valence-electron chi connectivity index (χ1n) is 6.69. The molecule has 2 atom stereocenters.